The van der Waals surface area contributed by atoms with Gasteiger partial charge >= 0.3 is 0 Å². The third-order valence-corrected chi connectivity index (χ3v) is 8.18. The minimum absolute atomic E-state index is 0.00629. The van der Waals surface area contributed by atoms with Gasteiger partial charge in [-0.25, -0.2) is 8.42 Å². The number of sulfonamides is 1. The summed E-state index contributed by atoms with van der Waals surface area (Å²) in [5, 5.41) is 3.67. The molecule has 1 aliphatic rings. The normalized spacial score (nSPS) is 15.7. The first-order valence-electron chi connectivity index (χ1n) is 9.70. The van der Waals surface area contributed by atoms with Crippen molar-refractivity contribution in [3.63, 3.8) is 0 Å². The van der Waals surface area contributed by atoms with Gasteiger partial charge in [-0.1, -0.05) is 11.6 Å². The maximum atomic E-state index is 12.8. The number of ether oxygens (including phenoxy) is 1. The molecule has 0 saturated carbocycles. The van der Waals surface area contributed by atoms with E-state index in [1.807, 2.05) is 24.3 Å². The van der Waals surface area contributed by atoms with Crippen molar-refractivity contribution in [2.45, 2.75) is 22.6 Å². The van der Waals surface area contributed by atoms with Crippen molar-refractivity contribution in [3.05, 3.63) is 53.6 Å². The molecule has 0 spiro atoms. The number of amides is 1. The molecule has 1 amide bonds. The van der Waals surface area contributed by atoms with Crippen LogP contribution in [0.2, 0.25) is 5.02 Å². The van der Waals surface area contributed by atoms with E-state index in [1.54, 1.807) is 36.0 Å². The Morgan fingerprint density at radius 2 is 1.77 bits per heavy atom. The fourth-order valence-electron chi connectivity index (χ4n) is 3.27. The summed E-state index contributed by atoms with van der Waals surface area (Å²) in [5.74, 6) is 1.21. The van der Waals surface area contributed by atoms with E-state index < -0.39 is 10.0 Å². The summed E-state index contributed by atoms with van der Waals surface area (Å²) in [5.41, 5.74) is 0. The zero-order valence-corrected chi connectivity index (χ0v) is 19.1. The molecule has 2 aromatic carbocycles. The number of rotatable bonds is 8. The summed E-state index contributed by atoms with van der Waals surface area (Å²) in [7, 11) is -2.02. The number of hydrogen-bond acceptors (Lipinski definition) is 5. The third kappa shape index (κ3) is 5.91. The van der Waals surface area contributed by atoms with Crippen LogP contribution in [0.1, 0.15) is 12.8 Å². The quantitative estimate of drug-likeness (QED) is 0.472. The van der Waals surface area contributed by atoms with Crippen LogP contribution in [0.15, 0.2) is 58.3 Å². The molecule has 0 atom stereocenters. The highest BCUT2D eigenvalue weighted by atomic mass is 35.5. The molecule has 3 rings (SSSR count). The maximum absolute atomic E-state index is 12.8. The van der Waals surface area contributed by atoms with Crippen LogP contribution in [0, 0.1) is 5.92 Å². The second-order valence-corrected chi connectivity index (χ2v) is 10.5. The topological polar surface area (TPSA) is 75.7 Å². The first-order chi connectivity index (χ1) is 14.4. The van der Waals surface area contributed by atoms with E-state index in [1.165, 1.54) is 11.4 Å². The van der Waals surface area contributed by atoms with Gasteiger partial charge in [-0.15, -0.1) is 11.8 Å². The van der Waals surface area contributed by atoms with Crippen LogP contribution in [-0.2, 0) is 14.8 Å². The average Bonchev–Trinajstić information content (AvgIpc) is 2.78. The van der Waals surface area contributed by atoms with E-state index in [4.69, 9.17) is 16.3 Å². The molecule has 0 aromatic heterocycles. The molecule has 1 N–H and O–H groups in total. The fourth-order valence-corrected chi connectivity index (χ4v) is 5.64. The van der Waals surface area contributed by atoms with Gasteiger partial charge in [0.2, 0.25) is 15.9 Å². The van der Waals surface area contributed by atoms with Crippen LogP contribution in [0.4, 0.5) is 0 Å². The lowest BCUT2D eigenvalue weighted by Crippen LogP contribution is -2.43. The monoisotopic (exact) mass is 468 g/mol. The minimum atomic E-state index is -3.56. The average molecular weight is 469 g/mol. The van der Waals surface area contributed by atoms with E-state index >= 15 is 0 Å². The highest BCUT2D eigenvalue weighted by Gasteiger charge is 2.31. The van der Waals surface area contributed by atoms with Gasteiger partial charge in [0.1, 0.15) is 5.75 Å². The van der Waals surface area contributed by atoms with Crippen molar-refractivity contribution in [1.82, 2.24) is 9.62 Å². The van der Waals surface area contributed by atoms with Gasteiger partial charge in [-0.2, -0.15) is 4.31 Å². The van der Waals surface area contributed by atoms with E-state index in [0.717, 1.165) is 10.6 Å². The Morgan fingerprint density at radius 3 is 2.37 bits per heavy atom. The number of methoxy groups -OCH3 is 1. The number of hydrogen-bond donors (Lipinski definition) is 1. The van der Waals surface area contributed by atoms with Gasteiger partial charge in [0.05, 0.1) is 12.0 Å². The predicted molar refractivity (Wildman–Crippen MR) is 120 cm³/mol. The highest BCUT2D eigenvalue weighted by Crippen LogP contribution is 2.25. The van der Waals surface area contributed by atoms with E-state index in [-0.39, 0.29) is 16.7 Å². The second-order valence-electron chi connectivity index (χ2n) is 6.95. The van der Waals surface area contributed by atoms with Crippen molar-refractivity contribution in [2.24, 2.45) is 5.92 Å². The number of nitrogens with one attached hydrogen (secondary N) is 1. The zero-order valence-electron chi connectivity index (χ0n) is 16.7. The van der Waals surface area contributed by atoms with Gasteiger partial charge < -0.3 is 10.1 Å². The molecular formula is C21H25ClN2O4S2. The Kier molecular flexibility index (Phi) is 8.05. The van der Waals surface area contributed by atoms with E-state index in [9.17, 15) is 13.2 Å². The Balaban J connectivity index is 1.43. The van der Waals surface area contributed by atoms with Crippen LogP contribution in [0.25, 0.3) is 0 Å². The number of nitrogens with zero attached hydrogens (tertiary/aromatic N) is 1. The number of benzene rings is 2. The number of thioether (sulfide) groups is 1. The van der Waals surface area contributed by atoms with Gasteiger partial charge in [-0.3, -0.25) is 4.79 Å². The summed E-state index contributed by atoms with van der Waals surface area (Å²) in [4.78, 5) is 13.8. The molecule has 1 heterocycles. The Labute approximate surface area is 187 Å². The first kappa shape index (κ1) is 22.9. The van der Waals surface area contributed by atoms with Gasteiger partial charge in [0.25, 0.3) is 0 Å². The van der Waals surface area contributed by atoms with Crippen molar-refractivity contribution in [1.29, 1.82) is 0 Å². The molecule has 2 aromatic rings. The van der Waals surface area contributed by atoms with E-state index in [2.05, 4.69) is 5.32 Å². The number of carbonyl (C=O) groups is 1. The van der Waals surface area contributed by atoms with Crippen molar-refractivity contribution < 1.29 is 17.9 Å². The molecule has 0 radical (unpaired) electrons. The number of piperidine rings is 1. The summed E-state index contributed by atoms with van der Waals surface area (Å²) < 4.78 is 32.1. The second kappa shape index (κ2) is 10.5. The van der Waals surface area contributed by atoms with E-state index in [0.29, 0.717) is 43.2 Å². The lowest BCUT2D eigenvalue weighted by Gasteiger charge is -2.30. The molecule has 0 aliphatic carbocycles. The molecule has 162 valence electrons. The molecular weight excluding hydrogens is 444 g/mol. The lowest BCUT2D eigenvalue weighted by molar-refractivity contribution is -0.125. The Morgan fingerprint density at radius 1 is 1.13 bits per heavy atom. The predicted octanol–water partition coefficient (Wildman–Crippen LogP) is 3.66. The highest BCUT2D eigenvalue weighted by molar-refractivity contribution is 7.99. The number of halogens is 1. The van der Waals surface area contributed by atoms with Gasteiger partial charge in [0, 0.05) is 41.2 Å². The molecule has 9 heteroatoms. The molecule has 0 bridgehead atoms. The Hall–Kier alpha value is -1.74. The molecule has 0 unspecified atom stereocenters. The van der Waals surface area contributed by atoms with Crippen molar-refractivity contribution in [2.75, 3.05) is 32.5 Å². The summed E-state index contributed by atoms with van der Waals surface area (Å²) in [6, 6.07) is 14.0. The number of carbonyl (C=O) groups excluding carboxylic acids is 1. The minimum Gasteiger partial charge on any atom is -0.497 e. The third-order valence-electron chi connectivity index (χ3n) is 5.01. The molecule has 30 heavy (non-hydrogen) atoms. The largest absolute Gasteiger partial charge is 0.497 e. The van der Waals surface area contributed by atoms with Crippen LogP contribution < -0.4 is 10.1 Å². The maximum Gasteiger partial charge on any atom is 0.243 e. The van der Waals surface area contributed by atoms with Gasteiger partial charge in [0.15, 0.2) is 0 Å². The molecule has 6 nitrogen and oxygen atoms in total. The zero-order chi connectivity index (χ0) is 21.6. The first-order valence-corrected chi connectivity index (χ1v) is 12.5. The summed E-state index contributed by atoms with van der Waals surface area (Å²) in [6.07, 6.45) is 1.04. The Bertz CT molecular complexity index is 942. The molecule has 1 aliphatic heterocycles. The van der Waals surface area contributed by atoms with Crippen LogP contribution >= 0.6 is 23.4 Å². The van der Waals surface area contributed by atoms with Crippen LogP contribution in [0.5, 0.6) is 5.75 Å². The fraction of sp³-hybridized carbons (Fsp3) is 0.381. The van der Waals surface area contributed by atoms with Crippen LogP contribution in [0.3, 0.4) is 0 Å². The smallest absolute Gasteiger partial charge is 0.243 e. The molecule has 1 fully saturated rings. The lowest BCUT2D eigenvalue weighted by atomic mass is 9.97. The van der Waals surface area contributed by atoms with Crippen molar-refractivity contribution >= 4 is 39.3 Å². The van der Waals surface area contributed by atoms with Gasteiger partial charge in [-0.05, 0) is 61.4 Å². The SMILES string of the molecule is COc1ccc(S(=O)(=O)N2CCC(C(=O)NCCSc3ccc(Cl)cc3)CC2)cc1. The summed E-state index contributed by atoms with van der Waals surface area (Å²) >= 11 is 7.53. The van der Waals surface area contributed by atoms with Crippen molar-refractivity contribution in [3.8, 4) is 5.75 Å². The molecule has 1 saturated heterocycles. The standard InChI is InChI=1S/C21H25ClN2O4S2/c1-28-18-4-8-20(9-5-18)30(26,27)24-13-10-16(11-14-24)21(25)23-12-15-29-19-6-2-17(22)3-7-19/h2-9,16H,10-15H2,1H3,(H,23,25). The summed E-state index contributed by atoms with van der Waals surface area (Å²) in [6.45, 7) is 1.24. The van der Waals surface area contributed by atoms with Crippen LogP contribution in [-0.4, -0.2) is 51.1 Å².